The normalized spacial score (nSPS) is 14.0. The lowest BCUT2D eigenvalue weighted by Crippen LogP contribution is -2.32. The summed E-state index contributed by atoms with van der Waals surface area (Å²) in [5.41, 5.74) is -0.730. The van der Waals surface area contributed by atoms with E-state index in [1.54, 1.807) is 25.1 Å². The zero-order valence-electron chi connectivity index (χ0n) is 14.1. The van der Waals surface area contributed by atoms with Crippen LogP contribution in [-0.2, 0) is 22.7 Å². The first-order valence-electron chi connectivity index (χ1n) is 7.88. The number of alkyl halides is 3. The van der Waals surface area contributed by atoms with Crippen LogP contribution in [0.5, 0.6) is 11.5 Å². The molecule has 2 aromatic rings. The van der Waals surface area contributed by atoms with E-state index < -0.39 is 26.7 Å². The standard InChI is InChI=1S/C17H15ClF3NO4S/c1-2-22(9-11-3-5-14-15(7-11)26-10-25-14)27(23,24)16-6-4-12(18)8-13(16)17(19,20)21/h3-8H,2,9-10H2,1H3. The average molecular weight is 422 g/mol. The van der Waals surface area contributed by atoms with Gasteiger partial charge < -0.3 is 9.47 Å². The van der Waals surface area contributed by atoms with Gasteiger partial charge in [-0.25, -0.2) is 8.42 Å². The zero-order valence-corrected chi connectivity index (χ0v) is 15.7. The summed E-state index contributed by atoms with van der Waals surface area (Å²) in [7, 11) is -4.41. The van der Waals surface area contributed by atoms with Crippen LogP contribution in [0.2, 0.25) is 5.02 Å². The smallest absolute Gasteiger partial charge is 0.417 e. The highest BCUT2D eigenvalue weighted by Crippen LogP contribution is 2.38. The lowest BCUT2D eigenvalue weighted by molar-refractivity contribution is -0.139. The highest BCUT2D eigenvalue weighted by molar-refractivity contribution is 7.89. The maximum Gasteiger partial charge on any atom is 0.417 e. The Bertz CT molecular complexity index is 963. The van der Waals surface area contributed by atoms with Crippen molar-refractivity contribution in [3.8, 4) is 11.5 Å². The second-order valence-corrected chi connectivity index (χ2v) is 8.10. The number of halogens is 4. The topological polar surface area (TPSA) is 55.8 Å². The first-order valence-corrected chi connectivity index (χ1v) is 9.70. The Kier molecular flexibility index (Phi) is 5.29. The maximum atomic E-state index is 13.3. The zero-order chi connectivity index (χ0) is 19.8. The average Bonchev–Trinajstić information content (AvgIpc) is 3.06. The van der Waals surface area contributed by atoms with Crippen LogP contribution in [0.25, 0.3) is 0 Å². The highest BCUT2D eigenvalue weighted by Gasteiger charge is 2.39. The highest BCUT2D eigenvalue weighted by atomic mass is 35.5. The Labute approximate surface area is 159 Å². The molecule has 10 heteroatoms. The van der Waals surface area contributed by atoms with Crippen LogP contribution in [0, 0.1) is 0 Å². The summed E-state index contributed by atoms with van der Waals surface area (Å²) >= 11 is 5.64. The second kappa shape index (κ2) is 7.21. The first kappa shape index (κ1) is 19.8. The van der Waals surface area contributed by atoms with Gasteiger partial charge in [0.15, 0.2) is 11.5 Å². The summed E-state index contributed by atoms with van der Waals surface area (Å²) in [5, 5.41) is -0.194. The minimum atomic E-state index is -4.86. The number of sulfonamides is 1. The molecular weight excluding hydrogens is 407 g/mol. The third kappa shape index (κ3) is 3.99. The Hall–Kier alpha value is -1.97. The monoisotopic (exact) mass is 421 g/mol. The molecule has 5 nitrogen and oxygen atoms in total. The molecule has 0 spiro atoms. The summed E-state index contributed by atoms with van der Waals surface area (Å²) in [6.07, 6.45) is -4.86. The molecule has 0 aromatic heterocycles. The first-order chi connectivity index (χ1) is 12.6. The van der Waals surface area contributed by atoms with E-state index in [9.17, 15) is 21.6 Å². The predicted molar refractivity (Wildman–Crippen MR) is 92.3 cm³/mol. The SMILES string of the molecule is CCN(Cc1ccc2c(c1)OCO2)S(=O)(=O)c1ccc(Cl)cc1C(F)(F)F. The van der Waals surface area contributed by atoms with Gasteiger partial charge in [-0.2, -0.15) is 17.5 Å². The molecule has 0 fully saturated rings. The van der Waals surface area contributed by atoms with Crippen LogP contribution in [0.15, 0.2) is 41.3 Å². The van der Waals surface area contributed by atoms with Crippen LogP contribution >= 0.6 is 11.6 Å². The van der Waals surface area contributed by atoms with Crippen molar-refractivity contribution < 1.29 is 31.1 Å². The molecule has 0 aliphatic carbocycles. The molecule has 0 atom stereocenters. The fraction of sp³-hybridized carbons (Fsp3) is 0.294. The van der Waals surface area contributed by atoms with Crippen molar-refractivity contribution in [2.75, 3.05) is 13.3 Å². The maximum absolute atomic E-state index is 13.3. The van der Waals surface area contributed by atoms with Crippen molar-refractivity contribution in [1.29, 1.82) is 0 Å². The Morgan fingerprint density at radius 1 is 1.11 bits per heavy atom. The summed E-state index contributed by atoms with van der Waals surface area (Å²) in [6, 6.07) is 7.48. The minimum Gasteiger partial charge on any atom is -0.454 e. The van der Waals surface area contributed by atoms with E-state index in [-0.39, 0.29) is 24.9 Å². The van der Waals surface area contributed by atoms with E-state index in [1.807, 2.05) is 0 Å². The molecule has 1 aliphatic rings. The Morgan fingerprint density at radius 2 is 1.81 bits per heavy atom. The molecule has 3 rings (SSSR count). The molecular formula is C17H15ClF3NO4S. The van der Waals surface area contributed by atoms with Gasteiger partial charge in [0.2, 0.25) is 16.8 Å². The van der Waals surface area contributed by atoms with Gasteiger partial charge in [0.05, 0.1) is 10.5 Å². The van der Waals surface area contributed by atoms with Crippen LogP contribution in [-0.4, -0.2) is 26.1 Å². The second-order valence-electron chi connectivity index (χ2n) is 5.76. The van der Waals surface area contributed by atoms with Crippen LogP contribution < -0.4 is 9.47 Å². The van der Waals surface area contributed by atoms with Gasteiger partial charge in [0.1, 0.15) is 0 Å². The van der Waals surface area contributed by atoms with Gasteiger partial charge in [-0.1, -0.05) is 24.6 Å². The number of hydrogen-bond acceptors (Lipinski definition) is 4. The van der Waals surface area contributed by atoms with Crippen molar-refractivity contribution >= 4 is 21.6 Å². The van der Waals surface area contributed by atoms with E-state index in [0.29, 0.717) is 23.1 Å². The van der Waals surface area contributed by atoms with E-state index in [2.05, 4.69) is 0 Å². The van der Waals surface area contributed by atoms with Crippen molar-refractivity contribution in [3.63, 3.8) is 0 Å². The molecule has 146 valence electrons. The third-order valence-corrected chi connectivity index (χ3v) is 6.23. The number of nitrogens with zero attached hydrogens (tertiary/aromatic N) is 1. The van der Waals surface area contributed by atoms with Gasteiger partial charge in [0.25, 0.3) is 0 Å². The van der Waals surface area contributed by atoms with Crippen LogP contribution in [0.3, 0.4) is 0 Å². The van der Waals surface area contributed by atoms with Crippen molar-refractivity contribution in [2.24, 2.45) is 0 Å². The summed E-state index contributed by atoms with van der Waals surface area (Å²) < 4.78 is 77.2. The molecule has 0 amide bonds. The molecule has 1 aliphatic heterocycles. The molecule has 0 saturated carbocycles. The Morgan fingerprint density at radius 3 is 2.48 bits per heavy atom. The van der Waals surface area contributed by atoms with Crippen molar-refractivity contribution in [3.05, 3.63) is 52.5 Å². The van der Waals surface area contributed by atoms with E-state index in [4.69, 9.17) is 21.1 Å². The summed E-state index contributed by atoms with van der Waals surface area (Å²) in [6.45, 7) is 1.48. The number of hydrogen-bond donors (Lipinski definition) is 0. The fourth-order valence-corrected chi connectivity index (χ4v) is 4.50. The quantitative estimate of drug-likeness (QED) is 0.722. The van der Waals surface area contributed by atoms with Crippen LogP contribution in [0.1, 0.15) is 18.1 Å². The van der Waals surface area contributed by atoms with E-state index in [0.717, 1.165) is 16.4 Å². The fourth-order valence-electron chi connectivity index (χ4n) is 2.70. The van der Waals surface area contributed by atoms with Crippen molar-refractivity contribution in [2.45, 2.75) is 24.5 Å². The van der Waals surface area contributed by atoms with Gasteiger partial charge in [-0.15, -0.1) is 0 Å². The number of rotatable bonds is 5. The molecule has 0 N–H and O–H groups in total. The summed E-state index contributed by atoms with van der Waals surface area (Å²) in [5.74, 6) is 0.991. The molecule has 0 bridgehead atoms. The van der Waals surface area contributed by atoms with Gasteiger partial charge in [-0.05, 0) is 35.9 Å². The predicted octanol–water partition coefficient (Wildman–Crippen LogP) is 4.30. The number of benzene rings is 2. The lowest BCUT2D eigenvalue weighted by Gasteiger charge is -2.23. The van der Waals surface area contributed by atoms with E-state index in [1.165, 1.54) is 0 Å². The minimum absolute atomic E-state index is 0.0172. The van der Waals surface area contributed by atoms with Crippen molar-refractivity contribution in [1.82, 2.24) is 4.31 Å². The number of ether oxygens (including phenoxy) is 2. The van der Waals surface area contributed by atoms with Gasteiger partial charge in [0, 0.05) is 18.1 Å². The molecule has 1 heterocycles. The largest absolute Gasteiger partial charge is 0.454 e. The lowest BCUT2D eigenvalue weighted by atomic mass is 10.2. The van der Waals surface area contributed by atoms with Gasteiger partial charge >= 0.3 is 6.18 Å². The molecule has 0 unspecified atom stereocenters. The van der Waals surface area contributed by atoms with E-state index >= 15 is 0 Å². The molecule has 0 saturated heterocycles. The third-order valence-electron chi connectivity index (χ3n) is 4.01. The van der Waals surface area contributed by atoms with Gasteiger partial charge in [-0.3, -0.25) is 0 Å². The van der Waals surface area contributed by atoms with Crippen LogP contribution in [0.4, 0.5) is 13.2 Å². The molecule has 27 heavy (non-hydrogen) atoms. The molecule has 0 radical (unpaired) electrons. The Balaban J connectivity index is 1.98. The summed E-state index contributed by atoms with van der Waals surface area (Å²) in [4.78, 5) is -0.831. The number of fused-ring (bicyclic) bond motifs is 1. The molecule has 2 aromatic carbocycles.